The molecule has 0 saturated carbocycles. The van der Waals surface area contributed by atoms with E-state index in [0.717, 1.165) is 0 Å². The Morgan fingerprint density at radius 2 is 1.42 bits per heavy atom. The summed E-state index contributed by atoms with van der Waals surface area (Å²) in [5.41, 5.74) is 6.50. The van der Waals surface area contributed by atoms with Crippen molar-refractivity contribution < 1.29 is 47.9 Å². The predicted octanol–water partition coefficient (Wildman–Crippen LogP) is 4.83. The van der Waals surface area contributed by atoms with Crippen LogP contribution in [0.2, 0.25) is 0 Å². The van der Waals surface area contributed by atoms with Gasteiger partial charge in [0.2, 0.25) is 23.6 Å². The van der Waals surface area contributed by atoms with Gasteiger partial charge in [-0.2, -0.15) is 0 Å². The third-order valence-electron chi connectivity index (χ3n) is 11.5. The number of likely N-dealkylation sites (tertiary alicyclic amines) is 1. The molecule has 346 valence electrons. The van der Waals surface area contributed by atoms with Crippen LogP contribution in [0.3, 0.4) is 0 Å². The molecule has 1 unspecified atom stereocenters. The van der Waals surface area contributed by atoms with E-state index < -0.39 is 42.0 Å². The lowest BCUT2D eigenvalue weighted by Gasteiger charge is -2.31. The molecule has 16 nitrogen and oxygen atoms in total. The Hall–Kier alpha value is -5.15. The fraction of sp³-hybridized carbons (Fsp3) is 0.674. The van der Waals surface area contributed by atoms with E-state index in [1.54, 1.807) is 45.3 Å². The Kier molecular flexibility index (Phi) is 22.0. The molecule has 4 N–H and O–H groups in total. The monoisotopic (exact) mass is 869 g/mol. The summed E-state index contributed by atoms with van der Waals surface area (Å²) in [7, 11) is 4.81. The van der Waals surface area contributed by atoms with Gasteiger partial charge in [0, 0.05) is 84.1 Å². The van der Waals surface area contributed by atoms with Crippen molar-refractivity contribution in [3.63, 3.8) is 0 Å². The van der Waals surface area contributed by atoms with Crippen LogP contribution in [0.5, 0.6) is 0 Å². The Balaban J connectivity index is 2.02. The molecule has 1 saturated heterocycles. The van der Waals surface area contributed by atoms with E-state index in [-0.39, 0.29) is 110 Å². The van der Waals surface area contributed by atoms with Crippen LogP contribution in [0, 0.1) is 35.5 Å². The van der Waals surface area contributed by atoms with Crippen LogP contribution < -0.4 is 16.4 Å². The Bertz CT molecular complexity index is 1730. The van der Waals surface area contributed by atoms with Gasteiger partial charge in [-0.05, 0) is 54.6 Å². The summed E-state index contributed by atoms with van der Waals surface area (Å²) >= 11 is 0. The predicted molar refractivity (Wildman–Crippen MR) is 234 cm³/mol. The van der Waals surface area contributed by atoms with Gasteiger partial charge < -0.3 is 30.9 Å². The average molecular weight is 869 g/mol. The highest BCUT2D eigenvalue weighted by Gasteiger charge is 2.36. The zero-order valence-electron chi connectivity index (χ0n) is 38.6. The molecule has 16 heteroatoms. The van der Waals surface area contributed by atoms with Gasteiger partial charge >= 0.3 is 12.1 Å². The molecule has 1 heterocycles. The Labute approximate surface area is 367 Å². The van der Waals surface area contributed by atoms with Gasteiger partial charge in [-0.3, -0.25) is 38.5 Å². The summed E-state index contributed by atoms with van der Waals surface area (Å²) in [4.78, 5) is 119. The summed E-state index contributed by atoms with van der Waals surface area (Å²) in [5.74, 6) is -3.45. The number of amides is 7. The van der Waals surface area contributed by atoms with Gasteiger partial charge in [0.15, 0.2) is 11.6 Å². The maximum atomic E-state index is 13.7. The highest BCUT2D eigenvalue weighted by Crippen LogP contribution is 2.24. The number of urea groups is 1. The van der Waals surface area contributed by atoms with E-state index in [4.69, 9.17) is 10.5 Å². The van der Waals surface area contributed by atoms with E-state index in [9.17, 15) is 43.2 Å². The minimum absolute atomic E-state index is 0.000807. The lowest BCUT2D eigenvalue weighted by atomic mass is 9.85. The Morgan fingerprint density at radius 1 is 0.806 bits per heavy atom. The topological polar surface area (TPSA) is 223 Å². The van der Waals surface area contributed by atoms with E-state index in [1.165, 1.54) is 21.7 Å². The fourth-order valence-corrected chi connectivity index (χ4v) is 7.69. The molecule has 1 aliphatic rings. The first-order chi connectivity index (χ1) is 29.0. The number of likely N-dealkylation sites (N-methyl/N-ethyl adjacent to an activating group) is 1. The molecule has 0 radical (unpaired) electrons. The quantitative estimate of drug-likeness (QED) is 0.0807. The second-order valence-electron chi connectivity index (χ2n) is 18.0. The molecule has 0 aliphatic carbocycles. The third-order valence-corrected chi connectivity index (χ3v) is 11.5. The van der Waals surface area contributed by atoms with Crippen molar-refractivity contribution in [1.29, 1.82) is 0 Å². The van der Waals surface area contributed by atoms with Crippen molar-refractivity contribution in [2.24, 2.45) is 41.2 Å². The number of unbranched alkanes of at least 4 members (excludes halogenated alkanes) is 2. The van der Waals surface area contributed by atoms with Crippen LogP contribution in [0.1, 0.15) is 117 Å². The number of ether oxygens (including phenoxy) is 1. The molecule has 1 aromatic rings. The largest absolute Gasteiger partial charge is 0.445 e. The lowest BCUT2D eigenvalue weighted by Crippen LogP contribution is -2.47. The number of hydrogen-bond donors (Lipinski definition) is 3. The molecule has 62 heavy (non-hydrogen) atoms. The summed E-state index contributed by atoms with van der Waals surface area (Å²) < 4.78 is 5.57. The van der Waals surface area contributed by atoms with Crippen molar-refractivity contribution in [3.05, 3.63) is 35.4 Å². The van der Waals surface area contributed by atoms with Gasteiger partial charge in [0.25, 0.3) is 0 Å². The molecule has 1 aromatic carbocycles. The number of nitrogens with one attached hydrogen (secondary N) is 2. The molecule has 1 aliphatic heterocycles. The first-order valence-corrected chi connectivity index (χ1v) is 22.0. The van der Waals surface area contributed by atoms with E-state index >= 15 is 0 Å². The van der Waals surface area contributed by atoms with Crippen molar-refractivity contribution in [3.8, 4) is 0 Å². The summed E-state index contributed by atoms with van der Waals surface area (Å²) in [5, 5.41) is 5.37. The molecule has 7 amide bonds. The number of ketones is 3. The summed E-state index contributed by atoms with van der Waals surface area (Å²) in [6.07, 6.45) is 2.14. The number of hydrogen-bond acceptors (Lipinski definition) is 10. The molecule has 5 atom stereocenters. The van der Waals surface area contributed by atoms with Crippen molar-refractivity contribution in [2.45, 2.75) is 131 Å². The van der Waals surface area contributed by atoms with E-state index in [0.29, 0.717) is 43.4 Å². The lowest BCUT2D eigenvalue weighted by molar-refractivity contribution is -0.139. The second kappa shape index (κ2) is 25.7. The number of carbonyl (C=O) groups is 9. The van der Waals surface area contributed by atoms with Gasteiger partial charge in [0.05, 0.1) is 12.1 Å². The number of Topliss-reactive ketones (excluding diaryl/α,β-unsaturated/α-hetero) is 3. The van der Waals surface area contributed by atoms with Gasteiger partial charge in [-0.15, -0.1) is 0 Å². The molecular formula is C46H72N6O10. The average Bonchev–Trinajstić information content (AvgIpc) is 3.44. The smallest absolute Gasteiger partial charge is 0.410 e. The van der Waals surface area contributed by atoms with Gasteiger partial charge in [-0.1, -0.05) is 79.2 Å². The SMILES string of the molecule is CC1CC(=O)N(CCCCCC(=O)C[C@H](C(=O)N[C@@H](CCCNC(N)=O)C(=O)Cc2ccc(COC(=O)N(C)[C@H](C(=O)C[C@H](C(=O)N(C)C)C(C)C)C(C)C)cc2)C(C)C)C1=O. The first-order valence-electron chi connectivity index (χ1n) is 22.0. The van der Waals surface area contributed by atoms with Crippen molar-refractivity contribution in [1.82, 2.24) is 25.3 Å². The number of nitrogens with two attached hydrogens (primary N) is 1. The molecule has 1 fully saturated rings. The molecule has 0 aromatic heterocycles. The van der Waals surface area contributed by atoms with Crippen LogP contribution in [0.15, 0.2) is 24.3 Å². The van der Waals surface area contributed by atoms with E-state index in [2.05, 4.69) is 10.6 Å². The molecular weight excluding hydrogens is 797 g/mol. The maximum absolute atomic E-state index is 13.7. The highest BCUT2D eigenvalue weighted by molar-refractivity contribution is 6.03. The van der Waals surface area contributed by atoms with Crippen LogP contribution in [-0.2, 0) is 51.3 Å². The Morgan fingerprint density at radius 3 is 1.95 bits per heavy atom. The van der Waals surface area contributed by atoms with Crippen LogP contribution in [0.4, 0.5) is 9.59 Å². The van der Waals surface area contributed by atoms with Crippen LogP contribution in [0.25, 0.3) is 0 Å². The minimum Gasteiger partial charge on any atom is -0.445 e. The zero-order chi connectivity index (χ0) is 46.8. The number of imide groups is 1. The standard InChI is InChI=1S/C46H72N6O10/c1-28(2)35(25-34(53)15-12-11-13-22-52-40(56)23-31(7)43(52)58)42(57)49-37(16-14-21-48-45(47)60)38(54)24-32-17-19-33(20-18-32)27-62-46(61)51(10)41(30(5)6)39(55)26-36(29(3)4)44(59)50(8)9/h17-20,28-31,35-37,41H,11-16,21-27H2,1-10H3,(H,49,57)(H3,47,48,60)/t31?,35-,36-,37-,41-/m0/s1. The van der Waals surface area contributed by atoms with Crippen LogP contribution in [-0.4, -0.2) is 114 Å². The fourth-order valence-electron chi connectivity index (χ4n) is 7.69. The highest BCUT2D eigenvalue weighted by atomic mass is 16.6. The molecule has 0 bridgehead atoms. The van der Waals surface area contributed by atoms with Crippen molar-refractivity contribution >= 4 is 53.1 Å². The molecule has 2 rings (SSSR count). The normalized spacial score (nSPS) is 15.9. The number of nitrogens with zero attached hydrogens (tertiary/aromatic N) is 3. The van der Waals surface area contributed by atoms with Crippen LogP contribution >= 0.6 is 0 Å². The number of carbonyl (C=O) groups excluding carboxylic acids is 9. The molecule has 0 spiro atoms. The van der Waals surface area contributed by atoms with Gasteiger partial charge in [-0.25, -0.2) is 9.59 Å². The summed E-state index contributed by atoms with van der Waals surface area (Å²) in [6, 6.07) is 4.48. The summed E-state index contributed by atoms with van der Waals surface area (Å²) in [6.45, 7) is 13.3. The first kappa shape index (κ1) is 53.0. The maximum Gasteiger partial charge on any atom is 0.410 e. The van der Waals surface area contributed by atoms with Gasteiger partial charge in [0.1, 0.15) is 12.4 Å². The van der Waals surface area contributed by atoms with Crippen molar-refractivity contribution in [2.75, 3.05) is 34.2 Å². The minimum atomic E-state index is -0.906. The second-order valence-corrected chi connectivity index (χ2v) is 18.0. The third kappa shape index (κ3) is 17.0. The number of primary amides is 1. The van der Waals surface area contributed by atoms with E-state index in [1.807, 2.05) is 41.5 Å². The number of benzene rings is 1. The zero-order valence-corrected chi connectivity index (χ0v) is 38.6. The number of rotatable bonds is 27.